The van der Waals surface area contributed by atoms with Gasteiger partial charge >= 0.3 is 5.97 Å². The minimum absolute atomic E-state index is 0.229. The molecule has 6 heteroatoms. The number of hydrogen-bond acceptors (Lipinski definition) is 5. The molecule has 17 heavy (non-hydrogen) atoms. The fourth-order valence-corrected chi connectivity index (χ4v) is 1.82. The van der Waals surface area contributed by atoms with E-state index in [2.05, 4.69) is 5.10 Å². The first-order valence-electron chi connectivity index (χ1n) is 5.64. The fourth-order valence-electron chi connectivity index (χ4n) is 1.82. The Bertz CT molecular complexity index is 410. The summed E-state index contributed by atoms with van der Waals surface area (Å²) in [6.45, 7) is 3.69. The highest BCUT2D eigenvalue weighted by molar-refractivity contribution is 5.94. The van der Waals surface area contributed by atoms with E-state index in [4.69, 9.17) is 9.47 Å². The maximum Gasteiger partial charge on any atom is 0.343 e. The number of carbonyl (C=O) groups excluding carboxylic acids is 1. The third-order valence-electron chi connectivity index (χ3n) is 2.79. The Kier molecular flexibility index (Phi) is 3.33. The molecular formula is C11H17N3O3. The van der Waals surface area contributed by atoms with Gasteiger partial charge in [0.2, 0.25) is 0 Å². The van der Waals surface area contributed by atoms with Crippen LogP contribution in [0.1, 0.15) is 17.3 Å². The summed E-state index contributed by atoms with van der Waals surface area (Å²) < 4.78 is 11.8. The van der Waals surface area contributed by atoms with Crippen molar-refractivity contribution in [2.75, 3.05) is 31.7 Å². The Hall–Kier alpha value is -1.56. The van der Waals surface area contributed by atoms with Crippen LogP contribution in [0.2, 0.25) is 0 Å². The quantitative estimate of drug-likeness (QED) is 0.713. The molecule has 6 nitrogen and oxygen atoms in total. The zero-order valence-corrected chi connectivity index (χ0v) is 10.3. The average Bonchev–Trinajstić information content (AvgIpc) is 2.59. The second kappa shape index (κ2) is 4.75. The molecule has 0 aliphatic carbocycles. The molecule has 0 unspecified atom stereocenters. The molecule has 1 saturated heterocycles. The lowest BCUT2D eigenvalue weighted by Crippen LogP contribution is -2.52. The van der Waals surface area contributed by atoms with Crippen LogP contribution in [0.3, 0.4) is 0 Å². The number of aromatic nitrogens is 2. The number of ether oxygens (including phenoxy) is 2. The van der Waals surface area contributed by atoms with Crippen LogP contribution in [0.5, 0.6) is 0 Å². The molecule has 0 atom stereocenters. The summed E-state index contributed by atoms with van der Waals surface area (Å²) >= 11 is 0. The highest BCUT2D eigenvalue weighted by Gasteiger charge is 2.32. The Morgan fingerprint density at radius 3 is 2.88 bits per heavy atom. The standard InChI is InChI=1S/C11H17N3O3/c1-4-17-11(15)9-7-13(2)12-10(9)14-5-8(6-14)16-3/h7-8H,4-6H2,1-3H3. The minimum Gasteiger partial charge on any atom is -0.462 e. The van der Waals surface area contributed by atoms with E-state index in [1.165, 1.54) is 0 Å². The van der Waals surface area contributed by atoms with Gasteiger partial charge in [-0.15, -0.1) is 0 Å². The number of rotatable bonds is 4. The van der Waals surface area contributed by atoms with Crippen molar-refractivity contribution >= 4 is 11.8 Å². The van der Waals surface area contributed by atoms with Gasteiger partial charge in [-0.25, -0.2) is 4.79 Å². The van der Waals surface area contributed by atoms with Crippen molar-refractivity contribution in [3.8, 4) is 0 Å². The fraction of sp³-hybridized carbons (Fsp3) is 0.636. The van der Waals surface area contributed by atoms with E-state index in [9.17, 15) is 4.79 Å². The van der Waals surface area contributed by atoms with E-state index in [-0.39, 0.29) is 12.1 Å². The smallest absolute Gasteiger partial charge is 0.343 e. The molecule has 1 aromatic heterocycles. The molecule has 0 saturated carbocycles. The van der Waals surface area contributed by atoms with Crippen LogP contribution in [0.4, 0.5) is 5.82 Å². The number of anilines is 1. The first-order valence-corrected chi connectivity index (χ1v) is 5.64. The van der Waals surface area contributed by atoms with Crippen molar-refractivity contribution < 1.29 is 14.3 Å². The topological polar surface area (TPSA) is 56.6 Å². The third kappa shape index (κ3) is 2.26. The second-order valence-electron chi connectivity index (χ2n) is 4.02. The maximum absolute atomic E-state index is 11.7. The maximum atomic E-state index is 11.7. The highest BCUT2D eigenvalue weighted by Crippen LogP contribution is 2.24. The lowest BCUT2D eigenvalue weighted by molar-refractivity contribution is 0.0523. The van der Waals surface area contributed by atoms with Crippen molar-refractivity contribution in [2.24, 2.45) is 7.05 Å². The molecule has 0 amide bonds. The number of aryl methyl sites for hydroxylation is 1. The molecule has 0 aromatic carbocycles. The molecule has 1 fully saturated rings. The van der Waals surface area contributed by atoms with Crippen molar-refractivity contribution in [1.82, 2.24) is 9.78 Å². The average molecular weight is 239 g/mol. The number of nitrogens with zero attached hydrogens (tertiary/aromatic N) is 3. The minimum atomic E-state index is -0.323. The summed E-state index contributed by atoms with van der Waals surface area (Å²) in [5, 5.41) is 4.29. The molecule has 1 aromatic rings. The van der Waals surface area contributed by atoms with Crippen molar-refractivity contribution in [3.63, 3.8) is 0 Å². The van der Waals surface area contributed by atoms with Gasteiger partial charge in [0.15, 0.2) is 5.82 Å². The third-order valence-corrected chi connectivity index (χ3v) is 2.79. The highest BCUT2D eigenvalue weighted by atomic mass is 16.5. The molecular weight excluding hydrogens is 222 g/mol. The van der Waals surface area contributed by atoms with Crippen LogP contribution in [0.15, 0.2) is 6.20 Å². The van der Waals surface area contributed by atoms with Crippen LogP contribution in [0.25, 0.3) is 0 Å². The predicted octanol–water partition coefficient (Wildman–Crippen LogP) is 0.432. The summed E-state index contributed by atoms with van der Waals surface area (Å²) in [5.41, 5.74) is 0.518. The van der Waals surface area contributed by atoms with Crippen LogP contribution >= 0.6 is 0 Å². The van der Waals surface area contributed by atoms with Gasteiger partial charge < -0.3 is 14.4 Å². The van der Waals surface area contributed by atoms with E-state index < -0.39 is 0 Å². The number of hydrogen-bond donors (Lipinski definition) is 0. The zero-order chi connectivity index (χ0) is 12.4. The number of methoxy groups -OCH3 is 1. The van der Waals surface area contributed by atoms with Crippen LogP contribution in [0, 0.1) is 0 Å². The van der Waals surface area contributed by atoms with Gasteiger partial charge in [-0.2, -0.15) is 5.10 Å². The summed E-state index contributed by atoms with van der Waals surface area (Å²) in [7, 11) is 3.48. The molecule has 1 aliphatic rings. The van der Waals surface area contributed by atoms with E-state index in [1.54, 1.807) is 32.0 Å². The van der Waals surface area contributed by atoms with Crippen LogP contribution in [-0.2, 0) is 16.5 Å². The van der Waals surface area contributed by atoms with Crippen LogP contribution in [-0.4, -0.2) is 48.7 Å². The first-order chi connectivity index (χ1) is 8.15. The molecule has 0 bridgehead atoms. The molecule has 94 valence electrons. The van der Waals surface area contributed by atoms with Gasteiger partial charge in [-0.3, -0.25) is 4.68 Å². The van der Waals surface area contributed by atoms with Gasteiger partial charge in [-0.05, 0) is 6.92 Å². The van der Waals surface area contributed by atoms with Crippen molar-refractivity contribution in [1.29, 1.82) is 0 Å². The van der Waals surface area contributed by atoms with Gasteiger partial charge in [0, 0.05) is 33.4 Å². The predicted molar refractivity (Wildman–Crippen MR) is 62.2 cm³/mol. The van der Waals surface area contributed by atoms with Crippen molar-refractivity contribution in [2.45, 2.75) is 13.0 Å². The molecule has 0 radical (unpaired) electrons. The van der Waals surface area contributed by atoms with Gasteiger partial charge in [0.25, 0.3) is 0 Å². The molecule has 2 heterocycles. The lowest BCUT2D eigenvalue weighted by atomic mass is 10.1. The van der Waals surface area contributed by atoms with Gasteiger partial charge in [0.1, 0.15) is 5.56 Å². The summed E-state index contributed by atoms with van der Waals surface area (Å²) in [6, 6.07) is 0. The molecule has 1 aliphatic heterocycles. The van der Waals surface area contributed by atoms with E-state index in [1.807, 2.05) is 4.90 Å². The Balaban J connectivity index is 2.14. The molecule has 2 rings (SSSR count). The Morgan fingerprint density at radius 1 is 1.59 bits per heavy atom. The molecule has 0 spiro atoms. The zero-order valence-electron chi connectivity index (χ0n) is 10.3. The molecule has 0 N–H and O–H groups in total. The first kappa shape index (κ1) is 11.9. The number of carbonyl (C=O) groups is 1. The largest absolute Gasteiger partial charge is 0.462 e. The SMILES string of the molecule is CCOC(=O)c1cn(C)nc1N1CC(OC)C1. The van der Waals surface area contributed by atoms with Crippen molar-refractivity contribution in [3.05, 3.63) is 11.8 Å². The summed E-state index contributed by atoms with van der Waals surface area (Å²) in [6.07, 6.45) is 1.92. The second-order valence-corrected chi connectivity index (χ2v) is 4.02. The van der Waals surface area contributed by atoms with Gasteiger partial charge in [-0.1, -0.05) is 0 Å². The Labute approximate surface area is 100 Å². The van der Waals surface area contributed by atoms with E-state index >= 15 is 0 Å². The monoisotopic (exact) mass is 239 g/mol. The summed E-state index contributed by atoms with van der Waals surface area (Å²) in [4.78, 5) is 13.8. The number of esters is 1. The Morgan fingerprint density at radius 2 is 2.29 bits per heavy atom. The van der Waals surface area contributed by atoms with Crippen LogP contribution < -0.4 is 4.90 Å². The normalized spacial score (nSPS) is 15.8. The van der Waals surface area contributed by atoms with E-state index in [0.29, 0.717) is 18.0 Å². The van der Waals surface area contributed by atoms with E-state index in [0.717, 1.165) is 13.1 Å². The summed E-state index contributed by atoms with van der Waals surface area (Å²) in [5.74, 6) is 0.357. The lowest BCUT2D eigenvalue weighted by Gasteiger charge is -2.38. The van der Waals surface area contributed by atoms with Gasteiger partial charge in [0.05, 0.1) is 12.7 Å².